The van der Waals surface area contributed by atoms with Crippen LogP contribution in [-0.2, 0) is 18.4 Å². The molecule has 0 saturated carbocycles. The van der Waals surface area contributed by atoms with E-state index in [0.29, 0.717) is 17.4 Å². The third kappa shape index (κ3) is 28.5. The molecule has 0 saturated heterocycles. The number of hydrogen-bond donors (Lipinski definition) is 3. The van der Waals surface area contributed by atoms with Crippen LogP contribution in [0.2, 0.25) is 0 Å². The van der Waals surface area contributed by atoms with Crippen molar-refractivity contribution in [1.82, 2.24) is 5.32 Å². The molecule has 0 aromatic carbocycles. The van der Waals surface area contributed by atoms with Gasteiger partial charge in [-0.25, -0.2) is 4.57 Å². The second-order valence-electron chi connectivity index (χ2n) is 11.5. The van der Waals surface area contributed by atoms with Crippen molar-refractivity contribution in [3.8, 4) is 0 Å². The number of carbonyl (C=O) groups is 1. The Morgan fingerprint density at radius 3 is 1.91 bits per heavy atom. The molecule has 0 radical (unpaired) electrons. The number of phosphoric ester groups is 1. The van der Waals surface area contributed by atoms with E-state index in [2.05, 4.69) is 61.7 Å². The molecule has 0 aliphatic heterocycles. The van der Waals surface area contributed by atoms with Crippen molar-refractivity contribution in [2.24, 2.45) is 0 Å². The van der Waals surface area contributed by atoms with Crippen molar-refractivity contribution in [1.29, 1.82) is 0 Å². The highest BCUT2D eigenvalue weighted by Crippen LogP contribution is 2.43. The molecule has 0 rings (SSSR count). The second kappa shape index (κ2) is 26.4. The molecule has 0 aromatic heterocycles. The molecule has 0 spiro atoms. The van der Waals surface area contributed by atoms with Gasteiger partial charge in [0.05, 0.1) is 39.9 Å². The average Bonchev–Trinajstić information content (AvgIpc) is 2.94. The first-order valence-corrected chi connectivity index (χ1v) is 17.3. The van der Waals surface area contributed by atoms with Gasteiger partial charge in [0.15, 0.2) is 0 Å². The Morgan fingerprint density at radius 2 is 1.37 bits per heavy atom. The van der Waals surface area contributed by atoms with Gasteiger partial charge in [-0.15, -0.1) is 0 Å². The number of allylic oxidation sites excluding steroid dienone is 10. The standard InChI is InChI=1S/C34H59N2O6P/c1-6-8-10-12-14-15-16-17-18-19-20-21-22-24-26-28-34(38)35-32(33(37)27-25-23-13-11-9-7-2)31-42-43(39,40)41-30-29-36(3,4)5/h8,10,14-15,17-18,20-21,24-27,32-33,37H,6-7,9,11-13,16,19,22-23,28-31H2,1-5H3,(H-,35,38,39,40)/p+1/b10-8-,15-14-,18-17-,21-20-,26-24-,27-25+. The van der Waals surface area contributed by atoms with Gasteiger partial charge in [-0.1, -0.05) is 106 Å². The summed E-state index contributed by atoms with van der Waals surface area (Å²) < 4.78 is 23.2. The molecule has 43 heavy (non-hydrogen) atoms. The molecular formula is C34H60N2O6P+. The Hall–Kier alpha value is -2.06. The van der Waals surface area contributed by atoms with E-state index >= 15 is 0 Å². The van der Waals surface area contributed by atoms with E-state index in [0.717, 1.165) is 51.4 Å². The number of quaternary nitrogens is 1. The number of unbranched alkanes of at least 4 members (excludes halogenated alkanes) is 4. The third-order valence-corrected chi connectivity index (χ3v) is 7.20. The highest BCUT2D eigenvalue weighted by Gasteiger charge is 2.27. The van der Waals surface area contributed by atoms with Gasteiger partial charge < -0.3 is 19.8 Å². The molecule has 3 atom stereocenters. The smallest absolute Gasteiger partial charge is 0.387 e. The summed E-state index contributed by atoms with van der Waals surface area (Å²) in [5.74, 6) is -0.316. The van der Waals surface area contributed by atoms with Crippen molar-refractivity contribution in [3.05, 3.63) is 72.9 Å². The van der Waals surface area contributed by atoms with Crippen LogP contribution < -0.4 is 5.32 Å². The number of aliphatic hydroxyl groups is 1. The van der Waals surface area contributed by atoms with E-state index in [1.807, 2.05) is 39.4 Å². The number of amides is 1. The summed E-state index contributed by atoms with van der Waals surface area (Å²) in [4.78, 5) is 22.7. The Labute approximate surface area is 262 Å². The van der Waals surface area contributed by atoms with E-state index < -0.39 is 20.0 Å². The third-order valence-electron chi connectivity index (χ3n) is 6.21. The van der Waals surface area contributed by atoms with Gasteiger partial charge in [0.1, 0.15) is 13.2 Å². The van der Waals surface area contributed by atoms with Crippen LogP contribution in [0.1, 0.15) is 84.5 Å². The predicted octanol–water partition coefficient (Wildman–Crippen LogP) is 7.34. The number of rotatable bonds is 26. The van der Waals surface area contributed by atoms with E-state index in [1.54, 1.807) is 12.2 Å². The molecule has 0 heterocycles. The first-order chi connectivity index (χ1) is 20.5. The van der Waals surface area contributed by atoms with Crippen LogP contribution in [0.3, 0.4) is 0 Å². The first-order valence-electron chi connectivity index (χ1n) is 15.8. The van der Waals surface area contributed by atoms with Gasteiger partial charge >= 0.3 is 7.82 Å². The lowest BCUT2D eigenvalue weighted by atomic mass is 10.1. The summed E-state index contributed by atoms with van der Waals surface area (Å²) in [6.45, 7) is 4.48. The van der Waals surface area contributed by atoms with E-state index in [1.165, 1.54) is 6.42 Å². The number of carbonyl (C=O) groups excluding carboxylic acids is 1. The predicted molar refractivity (Wildman–Crippen MR) is 180 cm³/mol. The highest BCUT2D eigenvalue weighted by molar-refractivity contribution is 7.47. The van der Waals surface area contributed by atoms with Crippen molar-refractivity contribution < 1.29 is 32.9 Å². The van der Waals surface area contributed by atoms with Crippen LogP contribution in [0.15, 0.2) is 72.9 Å². The minimum absolute atomic E-state index is 0.0403. The van der Waals surface area contributed by atoms with Crippen molar-refractivity contribution in [2.45, 2.75) is 96.6 Å². The minimum Gasteiger partial charge on any atom is -0.387 e. The van der Waals surface area contributed by atoms with E-state index in [-0.39, 0.29) is 25.5 Å². The second-order valence-corrected chi connectivity index (χ2v) is 12.9. The molecule has 9 heteroatoms. The fourth-order valence-electron chi connectivity index (χ4n) is 3.63. The average molecular weight is 624 g/mol. The van der Waals surface area contributed by atoms with Gasteiger partial charge in [-0.05, 0) is 44.9 Å². The molecule has 0 bridgehead atoms. The van der Waals surface area contributed by atoms with E-state index in [4.69, 9.17) is 9.05 Å². The van der Waals surface area contributed by atoms with Gasteiger partial charge in [-0.3, -0.25) is 13.8 Å². The number of phosphoric acid groups is 1. The first kappa shape index (κ1) is 40.9. The molecule has 0 fully saturated rings. The van der Waals surface area contributed by atoms with Crippen LogP contribution in [0, 0.1) is 0 Å². The van der Waals surface area contributed by atoms with Gasteiger partial charge in [0.25, 0.3) is 0 Å². The van der Waals surface area contributed by atoms with Gasteiger partial charge in [-0.2, -0.15) is 0 Å². The van der Waals surface area contributed by atoms with Crippen LogP contribution >= 0.6 is 7.82 Å². The fourth-order valence-corrected chi connectivity index (χ4v) is 4.37. The highest BCUT2D eigenvalue weighted by atomic mass is 31.2. The number of likely N-dealkylation sites (N-methyl/N-ethyl adjacent to an activating group) is 1. The maximum Gasteiger partial charge on any atom is 0.472 e. The molecule has 246 valence electrons. The molecule has 1 amide bonds. The Bertz CT molecular complexity index is 934. The van der Waals surface area contributed by atoms with Crippen LogP contribution in [0.4, 0.5) is 0 Å². The van der Waals surface area contributed by atoms with Crippen LogP contribution in [0.5, 0.6) is 0 Å². The number of nitrogens with one attached hydrogen (secondary N) is 1. The monoisotopic (exact) mass is 623 g/mol. The van der Waals surface area contributed by atoms with E-state index in [9.17, 15) is 19.4 Å². The lowest BCUT2D eigenvalue weighted by molar-refractivity contribution is -0.870. The Kier molecular flexibility index (Phi) is 25.1. The molecular weight excluding hydrogens is 563 g/mol. The summed E-state index contributed by atoms with van der Waals surface area (Å²) >= 11 is 0. The quantitative estimate of drug-likeness (QED) is 0.0403. The van der Waals surface area contributed by atoms with Crippen molar-refractivity contribution >= 4 is 13.7 Å². The van der Waals surface area contributed by atoms with Gasteiger partial charge in [0.2, 0.25) is 5.91 Å². The van der Waals surface area contributed by atoms with Crippen LogP contribution in [0.25, 0.3) is 0 Å². The Morgan fingerprint density at radius 1 is 0.814 bits per heavy atom. The SMILES string of the molecule is CC/C=C\C/C=C\C/C=C\C/C=C\C/C=C\CC(=O)NC(COP(=O)(O)OCC[N+](C)(C)C)C(O)/C=C/CCCCCC. The molecule has 3 N–H and O–H groups in total. The van der Waals surface area contributed by atoms with Crippen molar-refractivity contribution in [3.63, 3.8) is 0 Å². The maximum absolute atomic E-state index is 12.6. The summed E-state index contributed by atoms with van der Waals surface area (Å²) in [6.07, 6.45) is 33.1. The lowest BCUT2D eigenvalue weighted by Crippen LogP contribution is -2.45. The molecule has 3 unspecified atom stereocenters. The lowest BCUT2D eigenvalue weighted by Gasteiger charge is -2.25. The molecule has 0 aromatic rings. The zero-order valence-electron chi connectivity index (χ0n) is 27.4. The van der Waals surface area contributed by atoms with Gasteiger partial charge in [0, 0.05) is 6.42 Å². The number of hydrogen-bond acceptors (Lipinski definition) is 5. The maximum atomic E-state index is 12.6. The topological polar surface area (TPSA) is 105 Å². The molecule has 0 aliphatic rings. The molecule has 8 nitrogen and oxygen atoms in total. The summed E-state index contributed by atoms with van der Waals surface area (Å²) in [5.41, 5.74) is 0. The number of nitrogens with zero attached hydrogens (tertiary/aromatic N) is 1. The zero-order valence-corrected chi connectivity index (χ0v) is 28.3. The zero-order chi connectivity index (χ0) is 32.2. The summed E-state index contributed by atoms with van der Waals surface area (Å²) in [7, 11) is 1.49. The number of aliphatic hydroxyl groups excluding tert-OH is 1. The molecule has 0 aliphatic carbocycles. The normalized spacial score (nSPS) is 16.0. The fraction of sp³-hybridized carbons (Fsp3) is 0.618. The summed E-state index contributed by atoms with van der Waals surface area (Å²) in [6, 6.07) is -0.899. The summed E-state index contributed by atoms with van der Waals surface area (Å²) in [5, 5.41) is 13.4. The van der Waals surface area contributed by atoms with Crippen molar-refractivity contribution in [2.75, 3.05) is 40.9 Å². The minimum atomic E-state index is -4.34. The largest absolute Gasteiger partial charge is 0.472 e. The Balaban J connectivity index is 4.73. The van der Waals surface area contributed by atoms with Crippen LogP contribution in [-0.4, -0.2) is 73.4 Å².